The third-order valence-corrected chi connectivity index (χ3v) is 4.85. The SMILES string of the molecule is O=c1c2nccnc2ncn1CC(c1ccccc1)N1CCCCC1. The van der Waals surface area contributed by atoms with Crippen molar-refractivity contribution in [2.24, 2.45) is 0 Å². The van der Waals surface area contributed by atoms with Gasteiger partial charge in [0, 0.05) is 18.9 Å². The van der Waals surface area contributed by atoms with Gasteiger partial charge < -0.3 is 0 Å². The predicted octanol–water partition coefficient (Wildman–Crippen LogP) is 2.41. The number of hydrogen-bond acceptors (Lipinski definition) is 5. The van der Waals surface area contributed by atoms with Crippen LogP contribution in [0.4, 0.5) is 0 Å². The van der Waals surface area contributed by atoms with E-state index in [4.69, 9.17) is 0 Å². The second kappa shape index (κ2) is 7.11. The van der Waals surface area contributed by atoms with E-state index in [-0.39, 0.29) is 11.6 Å². The molecule has 0 N–H and O–H groups in total. The maximum absolute atomic E-state index is 12.8. The summed E-state index contributed by atoms with van der Waals surface area (Å²) in [6.45, 7) is 2.70. The van der Waals surface area contributed by atoms with Gasteiger partial charge in [0.2, 0.25) is 0 Å². The van der Waals surface area contributed by atoms with Crippen molar-refractivity contribution in [1.82, 2.24) is 24.4 Å². The molecule has 0 aliphatic carbocycles. The quantitative estimate of drug-likeness (QED) is 0.733. The molecule has 1 fully saturated rings. The minimum Gasteiger partial charge on any atom is -0.295 e. The molecule has 1 aromatic carbocycles. The van der Waals surface area contributed by atoms with Crippen molar-refractivity contribution in [3.8, 4) is 0 Å². The molecule has 1 saturated heterocycles. The molecule has 4 rings (SSSR count). The van der Waals surface area contributed by atoms with E-state index in [2.05, 4.69) is 44.1 Å². The Labute approximate surface area is 146 Å². The number of likely N-dealkylation sites (tertiary alicyclic amines) is 1. The summed E-state index contributed by atoms with van der Waals surface area (Å²) < 4.78 is 1.67. The van der Waals surface area contributed by atoms with Crippen molar-refractivity contribution in [2.45, 2.75) is 31.8 Å². The summed E-state index contributed by atoms with van der Waals surface area (Å²) in [5.74, 6) is 0. The molecule has 1 atom stereocenters. The van der Waals surface area contributed by atoms with Gasteiger partial charge in [-0.1, -0.05) is 36.8 Å². The van der Waals surface area contributed by atoms with E-state index in [9.17, 15) is 4.79 Å². The van der Waals surface area contributed by atoms with Crippen LogP contribution in [0.3, 0.4) is 0 Å². The van der Waals surface area contributed by atoms with Gasteiger partial charge in [0.1, 0.15) is 6.33 Å². The average Bonchev–Trinajstić information content (AvgIpc) is 2.69. The lowest BCUT2D eigenvalue weighted by molar-refractivity contribution is 0.147. The summed E-state index contributed by atoms with van der Waals surface area (Å²) in [5, 5.41) is 0. The van der Waals surface area contributed by atoms with Gasteiger partial charge in [-0.05, 0) is 31.5 Å². The zero-order chi connectivity index (χ0) is 17.1. The molecule has 6 heteroatoms. The first-order chi connectivity index (χ1) is 12.3. The first-order valence-corrected chi connectivity index (χ1v) is 8.78. The van der Waals surface area contributed by atoms with Crippen LogP contribution in [0.5, 0.6) is 0 Å². The van der Waals surface area contributed by atoms with Gasteiger partial charge in [-0.2, -0.15) is 0 Å². The molecule has 0 radical (unpaired) electrons. The molecule has 128 valence electrons. The van der Waals surface area contributed by atoms with E-state index in [1.54, 1.807) is 17.1 Å². The molecule has 3 heterocycles. The predicted molar refractivity (Wildman–Crippen MR) is 96.2 cm³/mol. The minimum absolute atomic E-state index is 0.129. The van der Waals surface area contributed by atoms with E-state index in [0.717, 1.165) is 13.1 Å². The molecule has 0 amide bonds. The Hall–Kier alpha value is -2.60. The lowest BCUT2D eigenvalue weighted by Gasteiger charge is -2.35. The number of fused-ring (bicyclic) bond motifs is 1. The third kappa shape index (κ3) is 3.30. The summed E-state index contributed by atoms with van der Waals surface area (Å²) in [6, 6.07) is 10.6. The maximum Gasteiger partial charge on any atom is 0.281 e. The second-order valence-corrected chi connectivity index (χ2v) is 6.45. The van der Waals surface area contributed by atoms with Crippen LogP contribution in [-0.4, -0.2) is 37.5 Å². The molecule has 1 unspecified atom stereocenters. The zero-order valence-electron chi connectivity index (χ0n) is 14.1. The molecular weight excluding hydrogens is 314 g/mol. The average molecular weight is 335 g/mol. The van der Waals surface area contributed by atoms with E-state index in [0.29, 0.717) is 17.7 Å². The number of aromatic nitrogens is 4. The Balaban J connectivity index is 1.71. The van der Waals surface area contributed by atoms with Gasteiger partial charge in [-0.3, -0.25) is 14.3 Å². The van der Waals surface area contributed by atoms with Gasteiger partial charge in [0.15, 0.2) is 11.2 Å². The van der Waals surface area contributed by atoms with E-state index in [1.165, 1.54) is 31.0 Å². The molecule has 0 spiro atoms. The molecule has 3 aromatic rings. The molecule has 0 bridgehead atoms. The van der Waals surface area contributed by atoms with Crippen LogP contribution in [0, 0.1) is 0 Å². The van der Waals surface area contributed by atoms with Crippen LogP contribution < -0.4 is 5.56 Å². The summed E-state index contributed by atoms with van der Waals surface area (Å²) >= 11 is 0. The number of rotatable bonds is 4. The van der Waals surface area contributed by atoms with Gasteiger partial charge in [-0.25, -0.2) is 15.0 Å². The molecule has 2 aromatic heterocycles. The van der Waals surface area contributed by atoms with Crippen molar-refractivity contribution < 1.29 is 0 Å². The normalized spacial score (nSPS) is 16.8. The maximum atomic E-state index is 12.8. The van der Waals surface area contributed by atoms with E-state index in [1.807, 2.05) is 6.07 Å². The van der Waals surface area contributed by atoms with Crippen molar-refractivity contribution in [2.75, 3.05) is 13.1 Å². The molecule has 6 nitrogen and oxygen atoms in total. The summed E-state index contributed by atoms with van der Waals surface area (Å²) in [6.07, 6.45) is 8.39. The Morgan fingerprint density at radius 1 is 0.960 bits per heavy atom. The van der Waals surface area contributed by atoms with Gasteiger partial charge in [-0.15, -0.1) is 0 Å². The van der Waals surface area contributed by atoms with E-state index < -0.39 is 0 Å². The smallest absolute Gasteiger partial charge is 0.281 e. The highest BCUT2D eigenvalue weighted by Crippen LogP contribution is 2.25. The van der Waals surface area contributed by atoms with Gasteiger partial charge in [0.25, 0.3) is 5.56 Å². The largest absolute Gasteiger partial charge is 0.295 e. The topological polar surface area (TPSA) is 63.9 Å². The molecular formula is C19H21N5O. The van der Waals surface area contributed by atoms with Crippen LogP contribution in [0.15, 0.2) is 53.8 Å². The highest BCUT2D eigenvalue weighted by atomic mass is 16.1. The summed E-state index contributed by atoms with van der Waals surface area (Å²) in [4.78, 5) is 27.8. The number of benzene rings is 1. The van der Waals surface area contributed by atoms with Crippen molar-refractivity contribution in [3.05, 3.63) is 65.0 Å². The van der Waals surface area contributed by atoms with Crippen LogP contribution in [0.1, 0.15) is 30.9 Å². The van der Waals surface area contributed by atoms with Crippen molar-refractivity contribution >= 4 is 11.2 Å². The fourth-order valence-corrected chi connectivity index (χ4v) is 3.54. The Morgan fingerprint density at radius 2 is 1.72 bits per heavy atom. The summed E-state index contributed by atoms with van der Waals surface area (Å²) in [5.41, 5.74) is 1.83. The standard InChI is InChI=1S/C19H21N5O/c25-19-17-18(21-10-9-20-17)22-14-24(19)13-16(15-7-3-1-4-8-15)23-11-5-2-6-12-23/h1,3-4,7-10,14,16H,2,5-6,11-13H2. The lowest BCUT2D eigenvalue weighted by atomic mass is 10.0. The van der Waals surface area contributed by atoms with Crippen LogP contribution in [-0.2, 0) is 6.54 Å². The molecule has 0 saturated carbocycles. The first-order valence-electron chi connectivity index (χ1n) is 8.78. The number of piperidine rings is 1. The van der Waals surface area contributed by atoms with Gasteiger partial charge >= 0.3 is 0 Å². The van der Waals surface area contributed by atoms with Gasteiger partial charge in [0.05, 0.1) is 6.04 Å². The zero-order valence-corrected chi connectivity index (χ0v) is 14.1. The van der Waals surface area contributed by atoms with Crippen LogP contribution in [0.25, 0.3) is 11.2 Å². The fourth-order valence-electron chi connectivity index (χ4n) is 3.54. The lowest BCUT2D eigenvalue weighted by Crippen LogP contribution is -2.38. The minimum atomic E-state index is -0.129. The highest BCUT2D eigenvalue weighted by molar-refractivity contribution is 5.66. The molecule has 25 heavy (non-hydrogen) atoms. The second-order valence-electron chi connectivity index (χ2n) is 6.45. The van der Waals surface area contributed by atoms with Crippen molar-refractivity contribution in [3.63, 3.8) is 0 Å². The Kier molecular flexibility index (Phi) is 4.52. The van der Waals surface area contributed by atoms with E-state index >= 15 is 0 Å². The summed E-state index contributed by atoms with van der Waals surface area (Å²) in [7, 11) is 0. The Morgan fingerprint density at radius 3 is 2.52 bits per heavy atom. The monoisotopic (exact) mass is 335 g/mol. The van der Waals surface area contributed by atoms with Crippen molar-refractivity contribution in [1.29, 1.82) is 0 Å². The fraction of sp³-hybridized carbons (Fsp3) is 0.368. The third-order valence-electron chi connectivity index (χ3n) is 4.85. The number of nitrogens with zero attached hydrogens (tertiary/aromatic N) is 5. The van der Waals surface area contributed by atoms with Crippen LogP contribution >= 0.6 is 0 Å². The van der Waals surface area contributed by atoms with Crippen LogP contribution in [0.2, 0.25) is 0 Å². The number of hydrogen-bond donors (Lipinski definition) is 0. The molecule has 1 aliphatic heterocycles. The highest BCUT2D eigenvalue weighted by Gasteiger charge is 2.23. The Bertz CT molecular complexity index is 902. The first kappa shape index (κ1) is 15.9. The molecule has 1 aliphatic rings.